The van der Waals surface area contributed by atoms with E-state index in [1.165, 1.54) is 30.2 Å². The summed E-state index contributed by atoms with van der Waals surface area (Å²) in [6.45, 7) is 4.67. The highest BCUT2D eigenvalue weighted by Gasteiger charge is 2.19. The van der Waals surface area contributed by atoms with Crippen molar-refractivity contribution >= 4 is 63.2 Å². The van der Waals surface area contributed by atoms with Crippen molar-refractivity contribution in [3.8, 4) is 5.75 Å². The molecule has 0 aliphatic carbocycles. The molecule has 33 heavy (non-hydrogen) atoms. The quantitative estimate of drug-likeness (QED) is 0.280. The van der Waals surface area contributed by atoms with Gasteiger partial charge < -0.3 is 19.4 Å². The molecular formula is C21H22Cl2N4O4S2. The first-order valence-corrected chi connectivity index (χ1v) is 12.6. The normalized spacial score (nSPS) is 10.8. The standard InChI is InChI=1S/C21H22Cl2N4O4S2/c1-4-13-9-14(20(29)30-3)19(33-13)24-18(28)11-32-21-26-25-17(27(21)5-2)10-31-16-8-12(22)6-7-15(16)23/h6-9H,4-5,10-11H2,1-3H3,(H,24,28). The molecule has 0 saturated carbocycles. The molecular weight excluding hydrogens is 507 g/mol. The molecule has 176 valence electrons. The van der Waals surface area contributed by atoms with Gasteiger partial charge in [0.05, 0.1) is 23.4 Å². The molecule has 12 heteroatoms. The number of nitrogens with zero attached hydrogens (tertiary/aromatic N) is 3. The van der Waals surface area contributed by atoms with Gasteiger partial charge in [-0.1, -0.05) is 41.9 Å². The number of methoxy groups -OCH3 is 1. The second kappa shape index (κ2) is 11.7. The van der Waals surface area contributed by atoms with Crippen molar-refractivity contribution in [2.75, 3.05) is 18.2 Å². The number of hydrogen-bond acceptors (Lipinski definition) is 8. The number of amides is 1. The lowest BCUT2D eigenvalue weighted by Gasteiger charge is -2.10. The van der Waals surface area contributed by atoms with Gasteiger partial charge in [-0.05, 0) is 31.5 Å². The predicted octanol–water partition coefficient (Wildman–Crippen LogP) is 5.33. The zero-order chi connectivity index (χ0) is 24.0. The van der Waals surface area contributed by atoms with Gasteiger partial charge in [-0.25, -0.2) is 4.79 Å². The van der Waals surface area contributed by atoms with Gasteiger partial charge in [0.15, 0.2) is 11.0 Å². The van der Waals surface area contributed by atoms with Gasteiger partial charge in [-0.3, -0.25) is 4.79 Å². The van der Waals surface area contributed by atoms with E-state index in [1.807, 2.05) is 18.4 Å². The van der Waals surface area contributed by atoms with E-state index in [0.29, 0.717) is 43.9 Å². The van der Waals surface area contributed by atoms with Crippen molar-refractivity contribution in [1.82, 2.24) is 14.8 Å². The van der Waals surface area contributed by atoms with Gasteiger partial charge in [-0.2, -0.15) is 0 Å². The number of ether oxygens (including phenoxy) is 2. The van der Waals surface area contributed by atoms with Crippen LogP contribution in [0.2, 0.25) is 10.0 Å². The van der Waals surface area contributed by atoms with Crippen LogP contribution in [-0.2, 0) is 29.1 Å². The highest BCUT2D eigenvalue weighted by molar-refractivity contribution is 7.99. The van der Waals surface area contributed by atoms with E-state index >= 15 is 0 Å². The monoisotopic (exact) mass is 528 g/mol. The Morgan fingerprint density at radius 3 is 2.70 bits per heavy atom. The molecule has 1 amide bonds. The van der Waals surface area contributed by atoms with E-state index in [2.05, 4.69) is 15.5 Å². The van der Waals surface area contributed by atoms with E-state index in [-0.39, 0.29) is 18.3 Å². The topological polar surface area (TPSA) is 95.3 Å². The van der Waals surface area contributed by atoms with E-state index < -0.39 is 5.97 Å². The number of esters is 1. The summed E-state index contributed by atoms with van der Waals surface area (Å²) in [6, 6.07) is 6.71. The molecule has 8 nitrogen and oxygen atoms in total. The minimum absolute atomic E-state index is 0.0963. The second-order valence-corrected chi connectivity index (χ2v) is 9.57. The maximum Gasteiger partial charge on any atom is 0.340 e. The second-order valence-electron chi connectivity index (χ2n) is 6.64. The van der Waals surface area contributed by atoms with E-state index in [4.69, 9.17) is 32.7 Å². The third-order valence-electron chi connectivity index (χ3n) is 4.48. The number of carbonyl (C=O) groups excluding carboxylic acids is 2. The first-order chi connectivity index (χ1) is 15.9. The van der Waals surface area contributed by atoms with E-state index in [1.54, 1.807) is 24.3 Å². The van der Waals surface area contributed by atoms with Gasteiger partial charge in [0.2, 0.25) is 5.91 Å². The van der Waals surface area contributed by atoms with Crippen LogP contribution in [0.1, 0.15) is 34.9 Å². The Labute approximate surface area is 209 Å². The molecule has 0 radical (unpaired) electrons. The molecule has 0 bridgehead atoms. The number of thiophene rings is 1. The largest absolute Gasteiger partial charge is 0.484 e. The summed E-state index contributed by atoms with van der Waals surface area (Å²) in [5.74, 6) is 0.398. The maximum atomic E-state index is 12.5. The summed E-state index contributed by atoms with van der Waals surface area (Å²) in [6.07, 6.45) is 0.754. The van der Waals surface area contributed by atoms with Crippen molar-refractivity contribution in [1.29, 1.82) is 0 Å². The molecule has 1 aromatic carbocycles. The van der Waals surface area contributed by atoms with Crippen LogP contribution in [-0.4, -0.2) is 39.5 Å². The molecule has 0 aliphatic heterocycles. The number of carbonyl (C=O) groups is 2. The first kappa shape index (κ1) is 25.4. The highest BCUT2D eigenvalue weighted by atomic mass is 35.5. The Morgan fingerprint density at radius 2 is 2.00 bits per heavy atom. The fraction of sp³-hybridized carbons (Fsp3) is 0.333. The molecule has 0 unspecified atom stereocenters. The van der Waals surface area contributed by atoms with Crippen molar-refractivity contribution < 1.29 is 19.1 Å². The van der Waals surface area contributed by atoms with Crippen LogP contribution < -0.4 is 10.1 Å². The fourth-order valence-electron chi connectivity index (χ4n) is 2.84. The minimum atomic E-state index is -0.482. The number of nitrogens with one attached hydrogen (secondary N) is 1. The summed E-state index contributed by atoms with van der Waals surface area (Å²) >= 11 is 14.7. The van der Waals surface area contributed by atoms with Crippen LogP contribution in [0.3, 0.4) is 0 Å². The fourth-order valence-corrected chi connectivity index (χ4v) is 5.00. The molecule has 2 aromatic heterocycles. The number of aromatic nitrogens is 3. The Bertz CT molecular complexity index is 1150. The third-order valence-corrected chi connectivity index (χ3v) is 7.19. The number of thioether (sulfide) groups is 1. The first-order valence-electron chi connectivity index (χ1n) is 9.99. The molecule has 2 heterocycles. The molecule has 1 N–H and O–H groups in total. The Kier molecular flexibility index (Phi) is 9.02. The van der Waals surface area contributed by atoms with Gasteiger partial charge >= 0.3 is 5.97 Å². The summed E-state index contributed by atoms with van der Waals surface area (Å²) in [5.41, 5.74) is 0.355. The average Bonchev–Trinajstić information content (AvgIpc) is 3.40. The number of anilines is 1. The lowest BCUT2D eigenvalue weighted by Crippen LogP contribution is -2.16. The SMILES string of the molecule is CCc1cc(C(=O)OC)c(NC(=O)CSc2nnc(COc3cc(Cl)ccc3Cl)n2CC)s1. The molecule has 0 spiro atoms. The highest BCUT2D eigenvalue weighted by Crippen LogP contribution is 2.30. The molecule has 3 rings (SSSR count). The van der Waals surface area contributed by atoms with Crippen molar-refractivity contribution in [3.63, 3.8) is 0 Å². The lowest BCUT2D eigenvalue weighted by molar-refractivity contribution is -0.113. The molecule has 0 fully saturated rings. The Hall–Kier alpha value is -2.27. The van der Waals surface area contributed by atoms with Crippen molar-refractivity contribution in [2.24, 2.45) is 0 Å². The number of aryl methyl sites for hydroxylation is 1. The van der Waals surface area contributed by atoms with Crippen LogP contribution in [0.5, 0.6) is 5.75 Å². The summed E-state index contributed by atoms with van der Waals surface area (Å²) in [4.78, 5) is 25.5. The van der Waals surface area contributed by atoms with Crippen molar-refractivity contribution in [2.45, 2.75) is 38.6 Å². The minimum Gasteiger partial charge on any atom is -0.484 e. The summed E-state index contributed by atoms with van der Waals surface area (Å²) in [7, 11) is 1.31. The third kappa shape index (κ3) is 6.41. The van der Waals surface area contributed by atoms with Crippen LogP contribution in [0, 0.1) is 0 Å². The molecule has 0 atom stereocenters. The Balaban J connectivity index is 1.63. The van der Waals surface area contributed by atoms with Crippen LogP contribution in [0.15, 0.2) is 29.4 Å². The lowest BCUT2D eigenvalue weighted by atomic mass is 10.2. The van der Waals surface area contributed by atoms with Crippen molar-refractivity contribution in [3.05, 3.63) is 50.6 Å². The summed E-state index contributed by atoms with van der Waals surface area (Å²) < 4.78 is 12.4. The van der Waals surface area contributed by atoms with Gasteiger partial charge in [0.1, 0.15) is 17.4 Å². The van der Waals surface area contributed by atoms with E-state index in [0.717, 1.165) is 11.3 Å². The average molecular weight is 529 g/mol. The number of hydrogen-bond donors (Lipinski definition) is 1. The molecule has 0 saturated heterocycles. The Morgan fingerprint density at radius 1 is 1.21 bits per heavy atom. The zero-order valence-corrected chi connectivity index (χ0v) is 21.3. The number of rotatable bonds is 10. The maximum absolute atomic E-state index is 12.5. The van der Waals surface area contributed by atoms with Crippen LogP contribution in [0.4, 0.5) is 5.00 Å². The van der Waals surface area contributed by atoms with E-state index in [9.17, 15) is 9.59 Å². The van der Waals surface area contributed by atoms with Crippen LogP contribution in [0.25, 0.3) is 0 Å². The van der Waals surface area contributed by atoms with Gasteiger partial charge in [0, 0.05) is 22.5 Å². The predicted molar refractivity (Wildman–Crippen MR) is 131 cm³/mol. The number of benzene rings is 1. The zero-order valence-electron chi connectivity index (χ0n) is 18.2. The smallest absolute Gasteiger partial charge is 0.340 e. The van der Waals surface area contributed by atoms with Gasteiger partial charge in [0.25, 0.3) is 0 Å². The van der Waals surface area contributed by atoms with Gasteiger partial charge in [-0.15, -0.1) is 21.5 Å². The van der Waals surface area contributed by atoms with Crippen LogP contribution >= 0.6 is 46.3 Å². The summed E-state index contributed by atoms with van der Waals surface area (Å²) in [5, 5.41) is 13.2. The number of halogens is 2. The molecule has 0 aliphatic rings. The molecule has 3 aromatic rings.